The van der Waals surface area contributed by atoms with Gasteiger partial charge in [-0.05, 0) is 0 Å². The average Bonchev–Trinajstić information content (AvgIpc) is 1.00. The van der Waals surface area contributed by atoms with Gasteiger partial charge in [-0.15, -0.1) is 0 Å². The van der Waals surface area contributed by atoms with Crippen LogP contribution in [-0.4, -0.2) is 0 Å². The molecule has 0 saturated carbocycles. The van der Waals surface area contributed by atoms with Gasteiger partial charge >= 0.3 is 21.7 Å². The first kappa shape index (κ1) is 24.9. The van der Waals surface area contributed by atoms with Crippen molar-refractivity contribution >= 4 is 7.36 Å². The van der Waals surface area contributed by atoms with Crippen molar-refractivity contribution in [1.29, 1.82) is 0 Å². The van der Waals surface area contributed by atoms with E-state index in [0.717, 1.165) is 0 Å². The zero-order chi connectivity index (χ0) is 2.00. The van der Waals surface area contributed by atoms with Gasteiger partial charge in [-0.25, -0.2) is 0 Å². The second-order valence-electron chi connectivity index (χ2n) is 0. The maximum absolute atomic E-state index is 3.57. The van der Waals surface area contributed by atoms with E-state index in [2.05, 4.69) is 21.7 Å². The second-order valence-corrected chi connectivity index (χ2v) is 0. The van der Waals surface area contributed by atoms with E-state index < -0.39 is 0 Å². The van der Waals surface area contributed by atoms with Crippen molar-refractivity contribution in [3.05, 3.63) is 0 Å². The van der Waals surface area contributed by atoms with E-state index in [9.17, 15) is 0 Å². The van der Waals surface area contributed by atoms with Gasteiger partial charge in [0, 0.05) is 59.9 Å². The molecule has 0 N–H and O–H groups in total. The first-order chi connectivity index (χ1) is 1.00. The largest absolute Gasteiger partial charge is 0 e. The molecule has 0 aliphatic rings. The molecule has 0 radical (unpaired) electrons. The van der Waals surface area contributed by atoms with Crippen molar-refractivity contribution < 1.29 is 74.3 Å². The summed E-state index contributed by atoms with van der Waals surface area (Å²) in [7, 11) is 3.15. The Morgan fingerprint density at radius 1 is 1.00 bits per heavy atom. The Bertz CT molecular complexity index is 12.4. The molecule has 0 rings (SSSR count). The summed E-state index contributed by atoms with van der Waals surface area (Å²) in [4.78, 5) is 0. The first-order valence-electron chi connectivity index (χ1n) is 0.141. The molecule has 0 unspecified atom stereocenters. The molecule has 0 heterocycles. The van der Waals surface area contributed by atoms with E-state index in [1.807, 2.05) is 0 Å². The molecule has 5 heavy (non-hydrogen) atoms. The summed E-state index contributed by atoms with van der Waals surface area (Å²) in [6, 6.07) is 0. The summed E-state index contributed by atoms with van der Waals surface area (Å²) in [6.45, 7) is 0. The van der Waals surface area contributed by atoms with E-state index in [4.69, 9.17) is 0 Å². The fourth-order valence-corrected chi connectivity index (χ4v) is 0. The zero-order valence-corrected chi connectivity index (χ0v) is 8.07. The molecule has 33 valence electrons. The molecule has 0 aromatic rings. The maximum atomic E-state index is 3.57. The Kier molecular flexibility index (Phi) is 144. The van der Waals surface area contributed by atoms with Crippen LogP contribution < -0.4 is 0 Å². The number of hydrogen-bond donors (Lipinski definition) is 0. The summed E-state index contributed by atoms with van der Waals surface area (Å²) in [6.07, 6.45) is 0. The summed E-state index contributed by atoms with van der Waals surface area (Å²) in [5.74, 6) is 0. The quantitative estimate of drug-likeness (QED) is 0.438. The Balaban J connectivity index is -0.00000000167. The van der Waals surface area contributed by atoms with Crippen molar-refractivity contribution in [2.75, 3.05) is 0 Å². The van der Waals surface area contributed by atoms with Crippen LogP contribution in [0.25, 0.3) is 0 Å². The summed E-state index contributed by atoms with van der Waals surface area (Å²) < 4.78 is 0. The molecule has 5 heteroatoms. The molecule has 0 fully saturated rings. The third-order valence-corrected chi connectivity index (χ3v) is 0. The molecule has 0 atom stereocenters. The van der Waals surface area contributed by atoms with Crippen LogP contribution in [0.15, 0.2) is 0 Å². The molecular formula is Ni2PTi2. The molecule has 0 aliphatic heterocycles. The standard InChI is InChI=1S/2Ni.P.2Ti. The van der Waals surface area contributed by atoms with E-state index in [1.54, 1.807) is 0 Å². The Hall–Kier alpha value is 2.85. The van der Waals surface area contributed by atoms with Gasteiger partial charge in [0.25, 0.3) is 0 Å². The maximum Gasteiger partial charge on any atom is 0 e. The van der Waals surface area contributed by atoms with Crippen molar-refractivity contribution in [3.8, 4) is 0 Å². The second kappa shape index (κ2) is 28.9. The third-order valence-electron chi connectivity index (χ3n) is 0. The van der Waals surface area contributed by atoms with E-state index >= 15 is 0 Å². The molecule has 0 aromatic heterocycles. The van der Waals surface area contributed by atoms with E-state index in [0.29, 0.717) is 0 Å². The molecule has 0 saturated heterocycles. The molecule has 0 nitrogen and oxygen atoms in total. The van der Waals surface area contributed by atoms with E-state index in [1.165, 1.54) is 0 Å². The van der Waals surface area contributed by atoms with Crippen LogP contribution in [0.3, 0.4) is 0 Å². The van der Waals surface area contributed by atoms with E-state index in [-0.39, 0.29) is 59.9 Å². The minimum atomic E-state index is 0. The predicted octanol–water partition coefficient (Wildman–Crippen LogP) is 0.851. The van der Waals surface area contributed by atoms with Gasteiger partial charge in [0.1, 0.15) is 0 Å². The molecule has 0 aromatic carbocycles. The Morgan fingerprint density at radius 2 is 1.00 bits per heavy atom. The van der Waals surface area contributed by atoms with Gasteiger partial charge in [-0.1, -0.05) is 0 Å². The van der Waals surface area contributed by atoms with Gasteiger partial charge in [0.05, 0.1) is 0 Å². The summed E-state index contributed by atoms with van der Waals surface area (Å²) >= 11 is 3.57. The fourth-order valence-electron chi connectivity index (χ4n) is 0. The van der Waals surface area contributed by atoms with Gasteiger partial charge in [0.15, 0.2) is 0 Å². The van der Waals surface area contributed by atoms with Gasteiger partial charge in [-0.2, -0.15) is 0 Å². The van der Waals surface area contributed by atoms with Crippen LogP contribution in [0.1, 0.15) is 0 Å². The van der Waals surface area contributed by atoms with Gasteiger partial charge in [0.2, 0.25) is 0 Å². The Morgan fingerprint density at radius 3 is 1.00 bits per heavy atom. The molecule has 0 spiro atoms. The minimum absolute atomic E-state index is 0. The third kappa shape index (κ3) is 19.8. The molecule has 0 amide bonds. The van der Waals surface area contributed by atoms with Crippen molar-refractivity contribution in [1.82, 2.24) is 0 Å². The van der Waals surface area contributed by atoms with Gasteiger partial charge < -0.3 is 0 Å². The minimum Gasteiger partial charge on any atom is 0 e. The molecule has 0 bridgehead atoms. The molecular weight excluding hydrogens is 244 g/mol. The number of rotatable bonds is 0. The van der Waals surface area contributed by atoms with Crippen molar-refractivity contribution in [2.24, 2.45) is 0 Å². The van der Waals surface area contributed by atoms with Crippen LogP contribution >= 0.6 is 7.36 Å². The Labute approximate surface area is 80.5 Å². The van der Waals surface area contributed by atoms with Gasteiger partial charge in [-0.3, -0.25) is 0 Å². The molecule has 0 aliphatic carbocycles. The fraction of sp³-hybridized carbons (Fsp3) is 0. The first-order valence-corrected chi connectivity index (χ1v) is 1.75. The van der Waals surface area contributed by atoms with Crippen LogP contribution in [0.4, 0.5) is 0 Å². The normalized spacial score (nSPS) is 0.800. The van der Waals surface area contributed by atoms with Crippen LogP contribution in [-0.2, 0) is 74.3 Å². The van der Waals surface area contributed by atoms with Crippen LogP contribution in [0.2, 0.25) is 0 Å². The average molecular weight is 244 g/mol. The van der Waals surface area contributed by atoms with Crippen LogP contribution in [0, 0.1) is 0 Å². The van der Waals surface area contributed by atoms with Crippen molar-refractivity contribution in [3.63, 3.8) is 0 Å². The summed E-state index contributed by atoms with van der Waals surface area (Å²) in [5.41, 5.74) is 0. The predicted molar refractivity (Wildman–Crippen MR) is 6.92 cm³/mol. The number of hydrogen-bond acceptors (Lipinski definition) is 0. The monoisotopic (exact) mass is 243 g/mol. The van der Waals surface area contributed by atoms with Crippen molar-refractivity contribution in [2.45, 2.75) is 0 Å². The smallest absolute Gasteiger partial charge is 0 e. The topological polar surface area (TPSA) is 0 Å². The SMILES string of the molecule is [Ni].[P]#[Ni].[Ti].[Ti]. The van der Waals surface area contributed by atoms with Crippen LogP contribution in [0.5, 0.6) is 0 Å². The zero-order valence-electron chi connectivity index (χ0n) is 2.08. The summed E-state index contributed by atoms with van der Waals surface area (Å²) in [5, 5.41) is 0.